The van der Waals surface area contributed by atoms with Crippen molar-refractivity contribution in [3.63, 3.8) is 0 Å². The number of carbonyl (C=O) groups excluding carboxylic acids is 1. The van der Waals surface area contributed by atoms with E-state index in [0.717, 1.165) is 34.9 Å². The fourth-order valence-corrected chi connectivity index (χ4v) is 3.18. The molecule has 3 aromatic rings. The van der Waals surface area contributed by atoms with E-state index in [4.69, 9.17) is 5.26 Å². The smallest absolute Gasteiger partial charge is 0.254 e. The standard InChI is InChI=1S/C19H14FN3O2S/c1-11-6-18(26-23-11)15-7-16(20)14(8-17(15)24)19(25)22-10-13-4-2-12(9-21)3-5-13/h2-8,24H,10H2,1H3,(H,22,25). The maximum atomic E-state index is 14.4. The van der Waals surface area contributed by atoms with E-state index in [1.54, 1.807) is 37.3 Å². The van der Waals surface area contributed by atoms with Gasteiger partial charge in [-0.1, -0.05) is 12.1 Å². The minimum Gasteiger partial charge on any atom is -0.507 e. The average Bonchev–Trinajstić information content (AvgIpc) is 3.07. The second kappa shape index (κ2) is 7.33. The van der Waals surface area contributed by atoms with Crippen molar-refractivity contribution in [2.75, 3.05) is 0 Å². The van der Waals surface area contributed by atoms with Gasteiger partial charge in [-0.25, -0.2) is 4.39 Å². The normalized spacial score (nSPS) is 10.3. The Hall–Kier alpha value is -3.24. The molecule has 1 heterocycles. The molecule has 0 fully saturated rings. The van der Waals surface area contributed by atoms with E-state index in [1.165, 1.54) is 0 Å². The Labute approximate surface area is 153 Å². The van der Waals surface area contributed by atoms with Crippen molar-refractivity contribution in [2.24, 2.45) is 0 Å². The number of phenols is 1. The highest BCUT2D eigenvalue weighted by Gasteiger charge is 2.17. The van der Waals surface area contributed by atoms with E-state index >= 15 is 0 Å². The highest BCUT2D eigenvalue weighted by Crippen LogP contribution is 2.34. The predicted molar refractivity (Wildman–Crippen MR) is 96.2 cm³/mol. The number of nitrogens with zero attached hydrogens (tertiary/aromatic N) is 2. The Morgan fingerprint density at radius 1 is 1.31 bits per heavy atom. The van der Waals surface area contributed by atoms with Crippen LogP contribution in [0.15, 0.2) is 42.5 Å². The molecule has 7 heteroatoms. The van der Waals surface area contributed by atoms with Crippen molar-refractivity contribution >= 4 is 17.4 Å². The molecular formula is C19H14FN3O2S. The molecule has 0 bridgehead atoms. The van der Waals surface area contributed by atoms with Crippen LogP contribution in [0.4, 0.5) is 4.39 Å². The van der Waals surface area contributed by atoms with E-state index in [9.17, 15) is 14.3 Å². The van der Waals surface area contributed by atoms with Gasteiger partial charge in [0.25, 0.3) is 5.91 Å². The van der Waals surface area contributed by atoms with Crippen LogP contribution in [0.5, 0.6) is 5.75 Å². The van der Waals surface area contributed by atoms with Gasteiger partial charge in [-0.05, 0) is 54.4 Å². The van der Waals surface area contributed by atoms with Gasteiger partial charge in [0.05, 0.1) is 27.8 Å². The second-order valence-electron chi connectivity index (χ2n) is 5.67. The highest BCUT2D eigenvalue weighted by atomic mass is 32.1. The number of carbonyl (C=O) groups is 1. The first-order valence-electron chi connectivity index (χ1n) is 7.71. The Kier molecular flexibility index (Phi) is 4.96. The number of aryl methyl sites for hydroxylation is 1. The molecule has 0 saturated heterocycles. The van der Waals surface area contributed by atoms with Gasteiger partial charge in [0.15, 0.2) is 0 Å². The number of hydrogen-bond donors (Lipinski definition) is 2. The quantitative estimate of drug-likeness (QED) is 0.735. The average molecular weight is 367 g/mol. The van der Waals surface area contributed by atoms with Crippen LogP contribution in [-0.2, 0) is 6.54 Å². The second-order valence-corrected chi connectivity index (χ2v) is 6.48. The van der Waals surface area contributed by atoms with Gasteiger partial charge in [-0.15, -0.1) is 0 Å². The lowest BCUT2D eigenvalue weighted by Crippen LogP contribution is -2.23. The van der Waals surface area contributed by atoms with Crippen LogP contribution in [0.25, 0.3) is 10.4 Å². The zero-order valence-electron chi connectivity index (χ0n) is 13.8. The lowest BCUT2D eigenvalue weighted by Gasteiger charge is -2.09. The predicted octanol–water partition coefficient (Wildman–Crippen LogP) is 3.76. The summed E-state index contributed by atoms with van der Waals surface area (Å²) >= 11 is 1.15. The zero-order valence-corrected chi connectivity index (χ0v) is 14.6. The molecule has 2 N–H and O–H groups in total. The van der Waals surface area contributed by atoms with Crippen molar-refractivity contribution in [1.29, 1.82) is 5.26 Å². The van der Waals surface area contributed by atoms with Crippen molar-refractivity contribution in [1.82, 2.24) is 9.69 Å². The summed E-state index contributed by atoms with van der Waals surface area (Å²) in [5.74, 6) is -1.53. The van der Waals surface area contributed by atoms with E-state index in [0.29, 0.717) is 16.0 Å². The van der Waals surface area contributed by atoms with Gasteiger partial charge in [0.2, 0.25) is 0 Å². The summed E-state index contributed by atoms with van der Waals surface area (Å²) in [6.45, 7) is 1.99. The first-order valence-corrected chi connectivity index (χ1v) is 8.48. The number of benzene rings is 2. The number of aromatic hydroxyl groups is 1. The zero-order chi connectivity index (χ0) is 18.7. The number of aromatic nitrogens is 1. The third kappa shape index (κ3) is 3.71. The minimum atomic E-state index is -0.721. The molecule has 0 aliphatic heterocycles. The van der Waals surface area contributed by atoms with Gasteiger partial charge in [0.1, 0.15) is 11.6 Å². The highest BCUT2D eigenvalue weighted by molar-refractivity contribution is 7.09. The number of halogens is 1. The summed E-state index contributed by atoms with van der Waals surface area (Å²) in [4.78, 5) is 12.9. The Morgan fingerprint density at radius 2 is 2.04 bits per heavy atom. The lowest BCUT2D eigenvalue weighted by atomic mass is 10.1. The summed E-state index contributed by atoms with van der Waals surface area (Å²) in [5.41, 5.74) is 2.13. The van der Waals surface area contributed by atoms with Crippen molar-refractivity contribution < 1.29 is 14.3 Å². The Balaban J connectivity index is 1.77. The van der Waals surface area contributed by atoms with Crippen LogP contribution < -0.4 is 5.32 Å². The van der Waals surface area contributed by atoms with Gasteiger partial charge in [0, 0.05) is 12.1 Å². The fourth-order valence-electron chi connectivity index (χ4n) is 2.40. The SMILES string of the molecule is Cc1cc(-c2cc(F)c(C(=O)NCc3ccc(C#N)cc3)cc2O)sn1. The van der Waals surface area contributed by atoms with Crippen LogP contribution in [0, 0.1) is 24.1 Å². The number of rotatable bonds is 4. The molecule has 0 spiro atoms. The third-order valence-electron chi connectivity index (χ3n) is 3.76. The Morgan fingerprint density at radius 3 is 2.65 bits per heavy atom. The molecule has 0 aliphatic rings. The van der Waals surface area contributed by atoms with Crippen LogP contribution in [-0.4, -0.2) is 15.4 Å². The first kappa shape index (κ1) is 17.6. The summed E-state index contributed by atoms with van der Waals surface area (Å²) < 4.78 is 18.5. The summed E-state index contributed by atoms with van der Waals surface area (Å²) in [7, 11) is 0. The van der Waals surface area contributed by atoms with Gasteiger partial charge in [-0.3, -0.25) is 4.79 Å². The molecule has 2 aromatic carbocycles. The van der Waals surface area contributed by atoms with Crippen molar-refractivity contribution in [3.8, 4) is 22.3 Å². The van der Waals surface area contributed by atoms with E-state index in [1.807, 2.05) is 6.07 Å². The fraction of sp³-hybridized carbons (Fsp3) is 0.105. The lowest BCUT2D eigenvalue weighted by molar-refractivity contribution is 0.0946. The third-order valence-corrected chi connectivity index (χ3v) is 4.67. The number of nitriles is 1. The van der Waals surface area contributed by atoms with Crippen LogP contribution in [0.1, 0.15) is 27.2 Å². The molecule has 1 aromatic heterocycles. The summed E-state index contributed by atoms with van der Waals surface area (Å²) in [6.07, 6.45) is 0. The number of phenolic OH excluding ortho intramolecular Hbond substituents is 1. The van der Waals surface area contributed by atoms with E-state index in [2.05, 4.69) is 9.69 Å². The van der Waals surface area contributed by atoms with Crippen LogP contribution in [0.2, 0.25) is 0 Å². The molecule has 1 amide bonds. The molecule has 0 unspecified atom stereocenters. The number of amides is 1. The maximum Gasteiger partial charge on any atom is 0.254 e. The molecule has 0 atom stereocenters. The van der Waals surface area contributed by atoms with Crippen molar-refractivity contribution in [3.05, 3.63) is 70.7 Å². The Bertz CT molecular complexity index is 1010. The van der Waals surface area contributed by atoms with E-state index < -0.39 is 11.7 Å². The molecule has 0 saturated carbocycles. The van der Waals surface area contributed by atoms with Crippen molar-refractivity contribution in [2.45, 2.75) is 13.5 Å². The molecule has 130 valence electrons. The largest absolute Gasteiger partial charge is 0.507 e. The number of hydrogen-bond acceptors (Lipinski definition) is 5. The minimum absolute atomic E-state index is 0.181. The summed E-state index contributed by atoms with van der Waals surface area (Å²) in [6, 6.07) is 12.7. The topological polar surface area (TPSA) is 86.0 Å². The van der Waals surface area contributed by atoms with Gasteiger partial charge < -0.3 is 10.4 Å². The van der Waals surface area contributed by atoms with E-state index in [-0.39, 0.29) is 17.9 Å². The molecular weight excluding hydrogens is 353 g/mol. The van der Waals surface area contributed by atoms with Crippen LogP contribution >= 0.6 is 11.5 Å². The number of nitrogens with one attached hydrogen (secondary N) is 1. The van der Waals surface area contributed by atoms with Gasteiger partial charge >= 0.3 is 0 Å². The maximum absolute atomic E-state index is 14.4. The van der Waals surface area contributed by atoms with Crippen LogP contribution in [0.3, 0.4) is 0 Å². The monoisotopic (exact) mass is 367 g/mol. The summed E-state index contributed by atoms with van der Waals surface area (Å²) in [5, 5.41) is 21.5. The molecule has 26 heavy (non-hydrogen) atoms. The molecule has 0 radical (unpaired) electrons. The molecule has 5 nitrogen and oxygen atoms in total. The molecule has 3 rings (SSSR count). The first-order chi connectivity index (χ1) is 12.5. The molecule has 0 aliphatic carbocycles. The van der Waals surface area contributed by atoms with Gasteiger partial charge in [-0.2, -0.15) is 9.64 Å².